The van der Waals surface area contributed by atoms with Crippen molar-refractivity contribution in [3.05, 3.63) is 194 Å². The molecule has 56 heavy (non-hydrogen) atoms. The number of para-hydroxylation sites is 1. The van der Waals surface area contributed by atoms with E-state index in [1.54, 1.807) is 15.9 Å². The Balaban J connectivity index is 1.32. The van der Waals surface area contributed by atoms with E-state index in [9.17, 15) is 5.48 Å². The summed E-state index contributed by atoms with van der Waals surface area (Å²) >= 11 is 1.66. The minimum Gasteiger partial charge on any atom is -0.308 e. The molecular formula is C51H32N4S. The first-order valence-corrected chi connectivity index (χ1v) is 18.8. The van der Waals surface area contributed by atoms with E-state index in [4.69, 9.17) is 23.2 Å². The molecule has 8 aromatic carbocycles. The van der Waals surface area contributed by atoms with Crippen molar-refractivity contribution in [3.8, 4) is 62.1 Å². The number of hydrogen-bond donors (Lipinski definition) is 0. The molecule has 262 valence electrons. The maximum Gasteiger partial charge on any atom is 0.166 e. The van der Waals surface area contributed by atoms with Crippen molar-refractivity contribution in [3.63, 3.8) is 0 Å². The molecule has 0 aliphatic heterocycles. The van der Waals surface area contributed by atoms with Crippen LogP contribution < -0.4 is 0 Å². The Morgan fingerprint density at radius 1 is 0.429 bits per heavy atom. The van der Waals surface area contributed by atoms with Crippen molar-refractivity contribution >= 4 is 53.3 Å². The summed E-state index contributed by atoms with van der Waals surface area (Å²) in [6.07, 6.45) is 0. The molecule has 0 aliphatic rings. The van der Waals surface area contributed by atoms with E-state index in [1.807, 2.05) is 103 Å². The smallest absolute Gasteiger partial charge is 0.166 e. The quantitative estimate of drug-likeness (QED) is 0.170. The van der Waals surface area contributed by atoms with Crippen molar-refractivity contribution in [2.75, 3.05) is 0 Å². The zero-order valence-corrected chi connectivity index (χ0v) is 30.2. The van der Waals surface area contributed by atoms with Gasteiger partial charge in [-0.25, -0.2) is 15.0 Å². The molecule has 0 unspecified atom stereocenters. The number of benzene rings is 8. The summed E-state index contributed by atoms with van der Waals surface area (Å²) in [4.78, 5) is 15.1. The van der Waals surface area contributed by atoms with Crippen LogP contribution in [0.15, 0.2) is 194 Å². The molecule has 5 heteroatoms. The summed E-state index contributed by atoms with van der Waals surface area (Å²) in [5.41, 5.74) is 3.78. The second-order valence-corrected chi connectivity index (χ2v) is 14.3. The summed E-state index contributed by atoms with van der Waals surface area (Å²) in [7, 11) is 0. The van der Waals surface area contributed by atoms with Gasteiger partial charge in [0.25, 0.3) is 0 Å². The van der Waals surface area contributed by atoms with Crippen molar-refractivity contribution < 1.29 is 13.7 Å². The van der Waals surface area contributed by atoms with E-state index in [-0.39, 0.29) is 69.0 Å². The van der Waals surface area contributed by atoms with Gasteiger partial charge in [-0.1, -0.05) is 164 Å². The van der Waals surface area contributed by atoms with Gasteiger partial charge in [-0.15, -0.1) is 11.3 Å². The molecule has 11 rings (SSSR count). The molecule has 0 fully saturated rings. The van der Waals surface area contributed by atoms with Gasteiger partial charge in [0, 0.05) is 47.6 Å². The normalized spacial score (nSPS) is 14.1. The number of hydrogen-bond acceptors (Lipinski definition) is 4. The van der Waals surface area contributed by atoms with Gasteiger partial charge < -0.3 is 4.57 Å². The van der Waals surface area contributed by atoms with Crippen molar-refractivity contribution in [1.29, 1.82) is 0 Å². The zero-order chi connectivity index (χ0) is 45.7. The number of thiophene rings is 1. The lowest BCUT2D eigenvalue weighted by Crippen LogP contribution is -2.04. The largest absolute Gasteiger partial charge is 0.308 e. The van der Waals surface area contributed by atoms with Crippen LogP contribution in [0, 0.1) is 0 Å². The average molecular weight is 743 g/mol. The third kappa shape index (κ3) is 5.32. The molecule has 4 nitrogen and oxygen atoms in total. The lowest BCUT2D eigenvalue weighted by molar-refractivity contribution is 1.06. The van der Waals surface area contributed by atoms with Gasteiger partial charge in [0.05, 0.1) is 30.4 Å². The lowest BCUT2D eigenvalue weighted by atomic mass is 9.99. The lowest BCUT2D eigenvalue weighted by Gasteiger charge is -2.17. The zero-order valence-electron chi connectivity index (χ0n) is 39.4. The number of rotatable bonds is 6. The van der Waals surface area contributed by atoms with Gasteiger partial charge in [-0.2, -0.15) is 0 Å². The Kier molecular flexibility index (Phi) is 5.58. The Morgan fingerprint density at radius 2 is 1.12 bits per heavy atom. The minimum atomic E-state index is -0.616. The Labute approximate surface area is 341 Å². The topological polar surface area (TPSA) is 43.6 Å². The van der Waals surface area contributed by atoms with E-state index in [0.717, 1.165) is 42.4 Å². The maximum atomic E-state index is 9.61. The summed E-state index contributed by atoms with van der Waals surface area (Å²) in [6.45, 7) is 0. The van der Waals surface area contributed by atoms with Crippen LogP contribution in [0.3, 0.4) is 0 Å². The average Bonchev–Trinajstić information content (AvgIpc) is 3.91. The highest BCUT2D eigenvalue weighted by Gasteiger charge is 2.22. The van der Waals surface area contributed by atoms with E-state index in [0.29, 0.717) is 22.9 Å². The molecule has 0 radical (unpaired) electrons. The molecule has 0 N–H and O–H groups in total. The summed E-state index contributed by atoms with van der Waals surface area (Å²) in [5, 5.41) is 2.23. The van der Waals surface area contributed by atoms with E-state index in [2.05, 4.69) is 18.2 Å². The van der Waals surface area contributed by atoms with Crippen LogP contribution in [0.1, 0.15) is 13.7 Å². The number of aromatic nitrogens is 4. The van der Waals surface area contributed by atoms with Crippen LogP contribution in [0.25, 0.3) is 104 Å². The van der Waals surface area contributed by atoms with Crippen molar-refractivity contribution in [1.82, 2.24) is 19.5 Å². The van der Waals surface area contributed by atoms with Gasteiger partial charge in [-0.3, -0.25) is 0 Å². The number of nitrogens with zero attached hydrogens (tertiary/aromatic N) is 4. The molecule has 0 bridgehead atoms. The van der Waals surface area contributed by atoms with Crippen LogP contribution in [0.2, 0.25) is 0 Å². The highest BCUT2D eigenvalue weighted by Crippen LogP contribution is 2.44. The summed E-state index contributed by atoms with van der Waals surface area (Å²) in [6, 6.07) is 37.3. The molecule has 3 heterocycles. The van der Waals surface area contributed by atoms with Crippen molar-refractivity contribution in [2.45, 2.75) is 0 Å². The van der Waals surface area contributed by atoms with Gasteiger partial charge in [0.2, 0.25) is 0 Å². The van der Waals surface area contributed by atoms with Crippen LogP contribution in [0.5, 0.6) is 0 Å². The highest BCUT2D eigenvalue weighted by molar-refractivity contribution is 7.26. The van der Waals surface area contributed by atoms with Gasteiger partial charge >= 0.3 is 0 Å². The molecule has 0 atom stereocenters. The Bertz CT molecular complexity index is 3750. The van der Waals surface area contributed by atoms with Crippen LogP contribution >= 0.6 is 11.3 Å². The number of fused-ring (bicyclic) bond motifs is 6. The molecular weight excluding hydrogens is 701 g/mol. The fourth-order valence-electron chi connectivity index (χ4n) is 7.46. The summed E-state index contributed by atoms with van der Waals surface area (Å²) in [5.74, 6) is 1.04. The van der Waals surface area contributed by atoms with Crippen LogP contribution in [-0.4, -0.2) is 19.5 Å². The fraction of sp³-hybridized carbons (Fsp3) is 0. The predicted octanol–water partition coefficient (Wildman–Crippen LogP) is 13.7. The summed E-state index contributed by atoms with van der Waals surface area (Å²) < 4.78 is 94.0. The third-order valence-corrected chi connectivity index (χ3v) is 11.2. The first-order valence-electron chi connectivity index (χ1n) is 23.0. The van der Waals surface area contributed by atoms with E-state index in [1.165, 1.54) is 12.1 Å². The van der Waals surface area contributed by atoms with E-state index >= 15 is 0 Å². The molecule has 0 saturated heterocycles. The van der Waals surface area contributed by atoms with E-state index < -0.39 is 30.2 Å². The van der Waals surface area contributed by atoms with Gasteiger partial charge in [0.1, 0.15) is 0 Å². The minimum absolute atomic E-state index is 0.0143. The molecule has 3 aromatic heterocycles. The molecule has 0 spiro atoms. The highest BCUT2D eigenvalue weighted by atomic mass is 32.1. The Hall–Kier alpha value is -7.21. The van der Waals surface area contributed by atoms with Crippen LogP contribution in [0.4, 0.5) is 0 Å². The first kappa shape index (κ1) is 23.5. The molecule has 0 saturated carbocycles. The predicted molar refractivity (Wildman–Crippen MR) is 234 cm³/mol. The third-order valence-electron chi connectivity index (χ3n) is 9.97. The fourth-order valence-corrected chi connectivity index (χ4v) is 8.70. The molecule has 11 aromatic rings. The monoisotopic (exact) mass is 742 g/mol. The van der Waals surface area contributed by atoms with Crippen molar-refractivity contribution in [2.24, 2.45) is 0 Å². The standard InChI is InChI=1S/C51H32N4S/c1-4-16-33(17-5-1)37-24-15-28-44-47(37)41-23-10-12-27-43(41)55(44)45-32-36(38-25-14-26-40-39-22-11-13-29-46(39)56-48(38)40)30-31-42(45)51-53-49(34-18-6-2-7-19-34)52-50(54-51)35-20-8-3-9-21-35/h1-32H/i1D,4D,5D,10D,16D,17D,23D,24D,27D,28D. The maximum absolute atomic E-state index is 9.61. The van der Waals surface area contributed by atoms with Gasteiger partial charge in [-0.05, 0) is 52.5 Å². The SMILES string of the molecule is [2H]c1cc([2H])c2c(c1[2H])c1c(-c3c([2H])c([2H])c([2H])c([2H])c3[2H])c([2H])cc([2H])c1n2-c1cc(-c2cccc3c2sc2ccccc23)ccc1-c1nc(-c2ccccc2)nc(-c2ccccc2)n1. The van der Waals surface area contributed by atoms with Gasteiger partial charge in [0.15, 0.2) is 17.5 Å². The molecule has 0 amide bonds. The second-order valence-electron chi connectivity index (χ2n) is 13.2. The van der Waals surface area contributed by atoms with Crippen LogP contribution in [-0.2, 0) is 0 Å². The first-order chi connectivity index (χ1) is 31.9. The Morgan fingerprint density at radius 3 is 1.91 bits per heavy atom. The molecule has 0 aliphatic carbocycles. The second kappa shape index (κ2) is 13.3.